The summed E-state index contributed by atoms with van der Waals surface area (Å²) in [5, 5.41) is 2.67. The van der Waals surface area contributed by atoms with E-state index >= 15 is 0 Å². The van der Waals surface area contributed by atoms with E-state index in [4.69, 9.17) is 9.47 Å². The van der Waals surface area contributed by atoms with E-state index in [-0.39, 0.29) is 29.9 Å². The van der Waals surface area contributed by atoms with Crippen LogP contribution in [0.4, 0.5) is 11.6 Å². The lowest BCUT2D eigenvalue weighted by atomic mass is 10.0. The molecule has 2 aliphatic heterocycles. The van der Waals surface area contributed by atoms with Gasteiger partial charge in [-0.1, -0.05) is 6.42 Å². The summed E-state index contributed by atoms with van der Waals surface area (Å²) >= 11 is 0. The predicted octanol–water partition coefficient (Wildman–Crippen LogP) is 1.75. The Labute approximate surface area is 194 Å². The van der Waals surface area contributed by atoms with Crippen LogP contribution in [0.3, 0.4) is 0 Å². The lowest BCUT2D eigenvalue weighted by molar-refractivity contribution is -0.119. The molecule has 11 heteroatoms. The molecule has 0 saturated carbocycles. The molecule has 1 fully saturated rings. The molecule has 0 bridgehead atoms. The molecule has 0 radical (unpaired) electrons. The lowest BCUT2D eigenvalue weighted by Gasteiger charge is -2.21. The van der Waals surface area contributed by atoms with Crippen LogP contribution >= 0.6 is 0 Å². The number of ether oxygens (including phenoxy) is 2. The van der Waals surface area contributed by atoms with Gasteiger partial charge in [-0.3, -0.25) is 23.9 Å². The Morgan fingerprint density at radius 1 is 1.15 bits per heavy atom. The highest BCUT2D eigenvalue weighted by Crippen LogP contribution is 2.32. The fraction of sp³-hybridized carbons (Fsp3) is 0.391. The van der Waals surface area contributed by atoms with Crippen LogP contribution in [-0.2, 0) is 16.1 Å². The van der Waals surface area contributed by atoms with Crippen LogP contribution in [0.1, 0.15) is 25.7 Å². The fourth-order valence-corrected chi connectivity index (χ4v) is 4.35. The summed E-state index contributed by atoms with van der Waals surface area (Å²) in [4.78, 5) is 51.2. The monoisotopic (exact) mass is 464 g/mol. The van der Waals surface area contributed by atoms with Gasteiger partial charge >= 0.3 is 0 Å². The SMILES string of the molecule is COc1ccc2ncc(=O)n(CCCC[C@@H]3CC(=O)N(c4ccc5c(n4)NC(=O)CO5)C3)c2n1. The van der Waals surface area contributed by atoms with Crippen LogP contribution in [0.5, 0.6) is 11.6 Å². The van der Waals surface area contributed by atoms with E-state index in [9.17, 15) is 14.4 Å². The summed E-state index contributed by atoms with van der Waals surface area (Å²) in [6, 6.07) is 6.95. The molecular formula is C23H24N6O5. The Morgan fingerprint density at radius 3 is 2.88 bits per heavy atom. The molecule has 0 aliphatic carbocycles. The number of carbonyl (C=O) groups excluding carboxylic acids is 2. The number of amides is 2. The molecule has 1 N–H and O–H groups in total. The van der Waals surface area contributed by atoms with Crippen molar-refractivity contribution in [3.05, 3.63) is 40.8 Å². The number of hydrogen-bond acceptors (Lipinski definition) is 8. The largest absolute Gasteiger partial charge is 0.481 e. The van der Waals surface area contributed by atoms with Crippen LogP contribution in [0, 0.1) is 5.92 Å². The van der Waals surface area contributed by atoms with Crippen molar-refractivity contribution in [1.29, 1.82) is 0 Å². The van der Waals surface area contributed by atoms with Crippen molar-refractivity contribution in [3.63, 3.8) is 0 Å². The van der Waals surface area contributed by atoms with Crippen LogP contribution in [0.2, 0.25) is 0 Å². The van der Waals surface area contributed by atoms with Gasteiger partial charge in [-0.15, -0.1) is 0 Å². The number of carbonyl (C=O) groups is 2. The molecule has 5 rings (SSSR count). The molecule has 2 aliphatic rings. The zero-order valence-electron chi connectivity index (χ0n) is 18.7. The number of unbranched alkanes of at least 4 members (excludes halogenated alkanes) is 1. The van der Waals surface area contributed by atoms with Crippen molar-refractivity contribution in [3.8, 4) is 11.6 Å². The number of anilines is 2. The maximum absolute atomic E-state index is 12.6. The first-order valence-corrected chi connectivity index (χ1v) is 11.2. The van der Waals surface area contributed by atoms with E-state index in [1.165, 1.54) is 13.3 Å². The highest BCUT2D eigenvalue weighted by Gasteiger charge is 2.32. The minimum absolute atomic E-state index is 0.00754. The van der Waals surface area contributed by atoms with E-state index in [2.05, 4.69) is 20.3 Å². The Kier molecular flexibility index (Phi) is 5.83. The number of rotatable bonds is 7. The second-order valence-corrected chi connectivity index (χ2v) is 8.37. The van der Waals surface area contributed by atoms with Crippen molar-refractivity contribution in [2.45, 2.75) is 32.2 Å². The molecule has 1 saturated heterocycles. The fourth-order valence-electron chi connectivity index (χ4n) is 4.35. The van der Waals surface area contributed by atoms with Gasteiger partial charge in [0.25, 0.3) is 11.5 Å². The smallest absolute Gasteiger partial charge is 0.270 e. The quantitative estimate of drug-likeness (QED) is 0.524. The van der Waals surface area contributed by atoms with E-state index in [0.29, 0.717) is 53.9 Å². The molecule has 0 aromatic carbocycles. The number of methoxy groups -OCH3 is 1. The molecule has 11 nitrogen and oxygen atoms in total. The summed E-state index contributed by atoms with van der Waals surface area (Å²) in [6.07, 6.45) is 4.22. The van der Waals surface area contributed by atoms with Crippen molar-refractivity contribution in [1.82, 2.24) is 19.5 Å². The maximum atomic E-state index is 12.6. The Hall–Kier alpha value is -4.02. The molecule has 1 atom stereocenters. The average molecular weight is 464 g/mol. The van der Waals surface area contributed by atoms with E-state index < -0.39 is 0 Å². The topological polar surface area (TPSA) is 129 Å². The lowest BCUT2D eigenvalue weighted by Crippen LogP contribution is -2.29. The molecule has 34 heavy (non-hydrogen) atoms. The normalized spacial score (nSPS) is 17.4. The predicted molar refractivity (Wildman–Crippen MR) is 123 cm³/mol. The van der Waals surface area contributed by atoms with Crippen LogP contribution in [-0.4, -0.2) is 51.6 Å². The van der Waals surface area contributed by atoms with Crippen LogP contribution in [0.25, 0.3) is 11.2 Å². The van der Waals surface area contributed by atoms with Crippen LogP contribution < -0.4 is 25.2 Å². The summed E-state index contributed by atoms with van der Waals surface area (Å²) in [6.45, 7) is 1.04. The average Bonchev–Trinajstić information content (AvgIpc) is 3.22. The second-order valence-electron chi connectivity index (χ2n) is 8.37. The zero-order valence-corrected chi connectivity index (χ0v) is 18.7. The Balaban J connectivity index is 1.20. The number of aryl methyl sites for hydroxylation is 1. The molecule has 3 aromatic rings. The molecule has 5 heterocycles. The van der Waals surface area contributed by atoms with Crippen molar-refractivity contribution in [2.24, 2.45) is 5.92 Å². The minimum Gasteiger partial charge on any atom is -0.481 e. The number of pyridine rings is 2. The van der Waals surface area contributed by atoms with Gasteiger partial charge in [0.15, 0.2) is 23.8 Å². The molecular weight excluding hydrogens is 440 g/mol. The van der Waals surface area contributed by atoms with Gasteiger partial charge in [0.2, 0.25) is 11.8 Å². The first kappa shape index (κ1) is 21.8. The van der Waals surface area contributed by atoms with Gasteiger partial charge in [0.05, 0.1) is 13.3 Å². The zero-order chi connectivity index (χ0) is 23.7. The number of nitrogens with one attached hydrogen (secondary N) is 1. The van der Waals surface area contributed by atoms with E-state index in [1.54, 1.807) is 33.7 Å². The van der Waals surface area contributed by atoms with Crippen molar-refractivity contribution < 1.29 is 19.1 Å². The third-order valence-corrected chi connectivity index (χ3v) is 6.06. The Morgan fingerprint density at radius 2 is 2.03 bits per heavy atom. The van der Waals surface area contributed by atoms with Crippen LogP contribution in [0.15, 0.2) is 35.3 Å². The first-order chi connectivity index (χ1) is 16.5. The van der Waals surface area contributed by atoms with Gasteiger partial charge in [-0.2, -0.15) is 4.98 Å². The summed E-state index contributed by atoms with van der Waals surface area (Å²) in [5.74, 6) is 1.71. The maximum Gasteiger partial charge on any atom is 0.270 e. The standard InChI is InChI=1S/C23H24N6O5/c1-33-19-8-5-15-23(27-19)28(21(32)11-24-15)9-3-2-4-14-10-20(31)29(12-14)17-7-6-16-22(25-17)26-18(30)13-34-16/h5-8,11,14H,2-4,9-10,12-13H2,1H3,(H,25,26,30)/t14-/m1/s1. The third kappa shape index (κ3) is 4.28. The highest BCUT2D eigenvalue weighted by atomic mass is 16.5. The highest BCUT2D eigenvalue weighted by molar-refractivity contribution is 5.97. The van der Waals surface area contributed by atoms with Gasteiger partial charge in [0, 0.05) is 25.6 Å². The van der Waals surface area contributed by atoms with Crippen molar-refractivity contribution in [2.75, 3.05) is 30.5 Å². The van der Waals surface area contributed by atoms with Gasteiger partial charge in [-0.25, -0.2) is 9.97 Å². The number of hydrogen-bond donors (Lipinski definition) is 1. The third-order valence-electron chi connectivity index (χ3n) is 6.06. The summed E-state index contributed by atoms with van der Waals surface area (Å²) < 4.78 is 12.1. The molecule has 2 amide bonds. The number of nitrogens with zero attached hydrogens (tertiary/aromatic N) is 5. The first-order valence-electron chi connectivity index (χ1n) is 11.2. The minimum atomic E-state index is -0.266. The number of aromatic nitrogens is 4. The molecule has 0 spiro atoms. The number of fused-ring (bicyclic) bond motifs is 2. The van der Waals surface area contributed by atoms with Gasteiger partial charge in [-0.05, 0) is 37.0 Å². The Bertz CT molecular complexity index is 1320. The van der Waals surface area contributed by atoms with E-state index in [1.807, 2.05) is 0 Å². The molecule has 176 valence electrons. The van der Waals surface area contributed by atoms with Gasteiger partial charge < -0.3 is 14.8 Å². The molecule has 3 aromatic heterocycles. The van der Waals surface area contributed by atoms with E-state index in [0.717, 1.165) is 19.3 Å². The molecule has 0 unspecified atom stereocenters. The van der Waals surface area contributed by atoms with Gasteiger partial charge in [0.1, 0.15) is 11.3 Å². The van der Waals surface area contributed by atoms with Crippen molar-refractivity contribution >= 4 is 34.6 Å². The summed E-state index contributed by atoms with van der Waals surface area (Å²) in [5.41, 5.74) is 0.935. The second kappa shape index (κ2) is 9.08. The summed E-state index contributed by atoms with van der Waals surface area (Å²) in [7, 11) is 1.53.